The lowest BCUT2D eigenvalue weighted by Crippen LogP contribution is -2.25. The number of rotatable bonds is 3. The molecule has 2 atom stereocenters. The monoisotopic (exact) mass is 240 g/mol. The van der Waals surface area contributed by atoms with Gasteiger partial charge in [0.15, 0.2) is 11.6 Å². The normalized spacial score (nSPS) is 21.9. The van der Waals surface area contributed by atoms with Gasteiger partial charge in [-0.05, 0) is 19.4 Å². The predicted molar refractivity (Wildman–Crippen MR) is 62.1 cm³/mol. The van der Waals surface area contributed by atoms with Crippen molar-refractivity contribution >= 4 is 5.82 Å². The van der Waals surface area contributed by atoms with Crippen LogP contribution in [0.2, 0.25) is 0 Å². The van der Waals surface area contributed by atoms with Crippen LogP contribution >= 0.6 is 0 Å². The van der Waals surface area contributed by atoms with E-state index in [1.165, 1.54) is 12.3 Å². The van der Waals surface area contributed by atoms with Crippen molar-refractivity contribution in [3.63, 3.8) is 0 Å². The van der Waals surface area contributed by atoms with Crippen molar-refractivity contribution in [2.24, 2.45) is 5.92 Å². The van der Waals surface area contributed by atoms with E-state index >= 15 is 0 Å². The zero-order valence-electron chi connectivity index (χ0n) is 9.80. The van der Waals surface area contributed by atoms with E-state index in [0.717, 1.165) is 6.42 Å². The van der Waals surface area contributed by atoms with E-state index in [4.69, 9.17) is 5.11 Å². The number of pyridine rings is 1. The van der Waals surface area contributed by atoms with Crippen molar-refractivity contribution in [2.45, 2.75) is 26.1 Å². The SMILES string of the molecule is CC(O)C1CCN(c2nccc(CO)c2F)C1. The molecule has 5 heteroatoms. The summed E-state index contributed by atoms with van der Waals surface area (Å²) >= 11 is 0. The van der Waals surface area contributed by atoms with Crippen molar-refractivity contribution in [1.29, 1.82) is 0 Å². The molecular weight excluding hydrogens is 223 g/mol. The number of aromatic nitrogens is 1. The van der Waals surface area contributed by atoms with Crippen molar-refractivity contribution < 1.29 is 14.6 Å². The lowest BCUT2D eigenvalue weighted by Gasteiger charge is -2.19. The van der Waals surface area contributed by atoms with E-state index in [0.29, 0.717) is 13.1 Å². The molecule has 1 aromatic rings. The highest BCUT2D eigenvalue weighted by molar-refractivity contribution is 5.44. The summed E-state index contributed by atoms with van der Waals surface area (Å²) in [5.74, 6) is -0.0186. The maximum atomic E-state index is 13.9. The average molecular weight is 240 g/mol. The first kappa shape index (κ1) is 12.3. The van der Waals surface area contributed by atoms with Crippen molar-refractivity contribution in [2.75, 3.05) is 18.0 Å². The Bertz CT molecular complexity index is 398. The molecule has 2 heterocycles. The van der Waals surface area contributed by atoms with Gasteiger partial charge in [0.05, 0.1) is 12.7 Å². The molecule has 1 aliphatic rings. The zero-order valence-corrected chi connectivity index (χ0v) is 9.80. The molecule has 0 spiro atoms. The van der Waals surface area contributed by atoms with Crippen LogP contribution in [0.25, 0.3) is 0 Å². The van der Waals surface area contributed by atoms with Gasteiger partial charge in [0, 0.05) is 30.8 Å². The molecule has 1 aromatic heterocycles. The smallest absolute Gasteiger partial charge is 0.171 e. The first-order valence-electron chi connectivity index (χ1n) is 5.80. The number of hydrogen-bond acceptors (Lipinski definition) is 4. The van der Waals surface area contributed by atoms with Crippen molar-refractivity contribution in [3.8, 4) is 0 Å². The second-order valence-corrected chi connectivity index (χ2v) is 4.50. The number of nitrogens with zero attached hydrogens (tertiary/aromatic N) is 2. The maximum Gasteiger partial charge on any atom is 0.171 e. The largest absolute Gasteiger partial charge is 0.393 e. The van der Waals surface area contributed by atoms with Gasteiger partial charge in [0.1, 0.15) is 0 Å². The molecule has 2 N–H and O–H groups in total. The average Bonchev–Trinajstić information content (AvgIpc) is 2.78. The Morgan fingerprint density at radius 2 is 2.41 bits per heavy atom. The molecule has 17 heavy (non-hydrogen) atoms. The summed E-state index contributed by atoms with van der Waals surface area (Å²) in [5.41, 5.74) is 0.260. The Labute approximate surface area is 99.7 Å². The van der Waals surface area contributed by atoms with E-state index in [1.54, 1.807) is 6.92 Å². The second kappa shape index (κ2) is 4.98. The Morgan fingerprint density at radius 1 is 1.65 bits per heavy atom. The van der Waals surface area contributed by atoms with Gasteiger partial charge in [0.2, 0.25) is 0 Å². The molecule has 1 fully saturated rings. The van der Waals surface area contributed by atoms with E-state index in [2.05, 4.69) is 4.98 Å². The summed E-state index contributed by atoms with van der Waals surface area (Å²) in [7, 11) is 0. The topological polar surface area (TPSA) is 56.6 Å². The van der Waals surface area contributed by atoms with Crippen LogP contribution in [-0.2, 0) is 6.61 Å². The molecule has 1 saturated heterocycles. The Morgan fingerprint density at radius 3 is 3.00 bits per heavy atom. The number of anilines is 1. The van der Waals surface area contributed by atoms with Gasteiger partial charge in [-0.1, -0.05) is 0 Å². The molecule has 2 rings (SSSR count). The number of halogens is 1. The van der Waals surface area contributed by atoms with Crippen LogP contribution in [0, 0.1) is 11.7 Å². The van der Waals surface area contributed by atoms with E-state index in [9.17, 15) is 9.50 Å². The van der Waals surface area contributed by atoms with E-state index in [-0.39, 0.29) is 30.0 Å². The summed E-state index contributed by atoms with van der Waals surface area (Å²) in [6.45, 7) is 2.72. The summed E-state index contributed by atoms with van der Waals surface area (Å²) in [6, 6.07) is 1.47. The van der Waals surface area contributed by atoms with Crippen LogP contribution < -0.4 is 4.90 Å². The number of aliphatic hydroxyl groups excluding tert-OH is 2. The summed E-state index contributed by atoms with van der Waals surface area (Å²) in [5, 5.41) is 18.5. The van der Waals surface area contributed by atoms with Gasteiger partial charge in [0.25, 0.3) is 0 Å². The van der Waals surface area contributed by atoms with Crippen LogP contribution in [-0.4, -0.2) is 34.4 Å². The van der Waals surface area contributed by atoms with Crippen LogP contribution in [0.15, 0.2) is 12.3 Å². The Balaban J connectivity index is 2.19. The lowest BCUT2D eigenvalue weighted by atomic mass is 10.0. The maximum absolute atomic E-state index is 13.9. The minimum atomic E-state index is -0.457. The molecule has 0 aliphatic carbocycles. The van der Waals surface area contributed by atoms with Gasteiger partial charge in [-0.15, -0.1) is 0 Å². The molecule has 1 aliphatic heterocycles. The van der Waals surface area contributed by atoms with Crippen LogP contribution in [0.4, 0.5) is 10.2 Å². The third kappa shape index (κ3) is 2.40. The van der Waals surface area contributed by atoms with E-state index < -0.39 is 5.82 Å². The highest BCUT2D eigenvalue weighted by atomic mass is 19.1. The molecule has 0 amide bonds. The summed E-state index contributed by atoms with van der Waals surface area (Å²) in [6.07, 6.45) is 1.95. The highest BCUT2D eigenvalue weighted by Gasteiger charge is 2.28. The predicted octanol–water partition coefficient (Wildman–Crippen LogP) is 0.920. The molecule has 0 aromatic carbocycles. The van der Waals surface area contributed by atoms with Crippen LogP contribution in [0.3, 0.4) is 0 Å². The van der Waals surface area contributed by atoms with Gasteiger partial charge in [-0.2, -0.15) is 0 Å². The third-order valence-corrected chi connectivity index (χ3v) is 3.33. The molecule has 94 valence electrons. The lowest BCUT2D eigenvalue weighted by molar-refractivity contribution is 0.136. The van der Waals surface area contributed by atoms with Crippen LogP contribution in [0.5, 0.6) is 0 Å². The summed E-state index contributed by atoms with van der Waals surface area (Å²) in [4.78, 5) is 5.85. The third-order valence-electron chi connectivity index (χ3n) is 3.33. The quantitative estimate of drug-likeness (QED) is 0.825. The van der Waals surface area contributed by atoms with Gasteiger partial charge in [-0.3, -0.25) is 0 Å². The first-order chi connectivity index (χ1) is 8.13. The van der Waals surface area contributed by atoms with Crippen molar-refractivity contribution in [3.05, 3.63) is 23.6 Å². The number of aliphatic hydroxyl groups is 2. The van der Waals surface area contributed by atoms with Crippen LogP contribution in [0.1, 0.15) is 18.9 Å². The minimum Gasteiger partial charge on any atom is -0.393 e. The summed E-state index contributed by atoms with van der Waals surface area (Å²) < 4.78 is 13.9. The highest BCUT2D eigenvalue weighted by Crippen LogP contribution is 2.27. The fourth-order valence-corrected chi connectivity index (χ4v) is 2.19. The first-order valence-corrected chi connectivity index (χ1v) is 5.80. The molecule has 2 unspecified atom stereocenters. The van der Waals surface area contributed by atoms with E-state index in [1.807, 2.05) is 4.90 Å². The molecule has 0 bridgehead atoms. The van der Waals surface area contributed by atoms with Gasteiger partial charge >= 0.3 is 0 Å². The van der Waals surface area contributed by atoms with Gasteiger partial charge in [-0.25, -0.2) is 9.37 Å². The fraction of sp³-hybridized carbons (Fsp3) is 0.583. The number of hydrogen-bond donors (Lipinski definition) is 2. The second-order valence-electron chi connectivity index (χ2n) is 4.50. The van der Waals surface area contributed by atoms with Gasteiger partial charge < -0.3 is 15.1 Å². The molecule has 4 nitrogen and oxygen atoms in total. The van der Waals surface area contributed by atoms with Crippen molar-refractivity contribution in [1.82, 2.24) is 4.98 Å². The minimum absolute atomic E-state index is 0.161. The Kier molecular flexibility index (Phi) is 3.59. The molecular formula is C12H17FN2O2. The standard InChI is InChI=1S/C12H17FN2O2/c1-8(17)9-3-5-15(6-9)12-11(13)10(7-16)2-4-14-12/h2,4,8-9,16-17H,3,5-7H2,1H3. The molecule has 0 saturated carbocycles. The Hall–Kier alpha value is -1.20. The zero-order chi connectivity index (χ0) is 12.4. The molecule has 0 radical (unpaired) electrons. The fourth-order valence-electron chi connectivity index (χ4n) is 2.19.